The summed E-state index contributed by atoms with van der Waals surface area (Å²) >= 11 is 0. The minimum Gasteiger partial charge on any atom is -0.354 e. The summed E-state index contributed by atoms with van der Waals surface area (Å²) in [7, 11) is 0. The van der Waals surface area contributed by atoms with Crippen molar-refractivity contribution in [3.8, 4) is 0 Å². The molecule has 3 rings (SSSR count). The van der Waals surface area contributed by atoms with Crippen LogP contribution in [-0.2, 0) is 9.59 Å². The predicted octanol–water partition coefficient (Wildman–Crippen LogP) is 2.42. The third-order valence-corrected chi connectivity index (χ3v) is 5.69. The molecule has 1 aliphatic rings. The second-order valence-corrected chi connectivity index (χ2v) is 8.12. The number of rotatable bonds is 9. The maximum Gasteiger partial charge on any atom is 0.242 e. The quantitative estimate of drug-likeness (QED) is 0.652. The molecule has 1 aliphatic heterocycles. The number of nitrogens with zero attached hydrogens (tertiary/aromatic N) is 2. The Labute approximate surface area is 185 Å². The van der Waals surface area contributed by atoms with Gasteiger partial charge < -0.3 is 10.6 Å². The molecule has 1 heterocycles. The van der Waals surface area contributed by atoms with E-state index < -0.39 is 6.04 Å². The van der Waals surface area contributed by atoms with Crippen molar-refractivity contribution in [1.82, 2.24) is 20.4 Å². The van der Waals surface area contributed by atoms with Gasteiger partial charge in [0.05, 0.1) is 12.6 Å². The van der Waals surface area contributed by atoms with Crippen molar-refractivity contribution >= 4 is 11.8 Å². The van der Waals surface area contributed by atoms with Crippen LogP contribution >= 0.6 is 0 Å². The van der Waals surface area contributed by atoms with E-state index in [0.717, 1.165) is 32.6 Å². The van der Waals surface area contributed by atoms with Gasteiger partial charge in [-0.05, 0) is 24.5 Å². The summed E-state index contributed by atoms with van der Waals surface area (Å²) in [5.74, 6) is -0.233. The SMILES string of the molecule is CCCNC(=O)[C@@H](C)NC(=O)CN1CCN(C(c2ccccc2)c2ccccc2)CC1. The van der Waals surface area contributed by atoms with Crippen LogP contribution in [0.5, 0.6) is 0 Å². The molecule has 6 heteroatoms. The lowest BCUT2D eigenvalue weighted by atomic mass is 9.96. The van der Waals surface area contributed by atoms with Crippen LogP contribution in [0.2, 0.25) is 0 Å². The van der Waals surface area contributed by atoms with Crippen LogP contribution in [-0.4, -0.2) is 66.9 Å². The van der Waals surface area contributed by atoms with E-state index >= 15 is 0 Å². The molecule has 2 aromatic rings. The van der Waals surface area contributed by atoms with Crippen LogP contribution in [0.4, 0.5) is 0 Å². The summed E-state index contributed by atoms with van der Waals surface area (Å²) in [6.45, 7) is 8.09. The fraction of sp³-hybridized carbons (Fsp3) is 0.440. The van der Waals surface area contributed by atoms with Crippen LogP contribution in [0, 0.1) is 0 Å². The maximum atomic E-state index is 12.4. The highest BCUT2D eigenvalue weighted by Crippen LogP contribution is 2.29. The number of carbonyl (C=O) groups is 2. The second-order valence-electron chi connectivity index (χ2n) is 8.12. The first kappa shape index (κ1) is 23.0. The third-order valence-electron chi connectivity index (χ3n) is 5.69. The third kappa shape index (κ3) is 6.64. The monoisotopic (exact) mass is 422 g/mol. The van der Waals surface area contributed by atoms with E-state index in [2.05, 4.69) is 69.0 Å². The van der Waals surface area contributed by atoms with Crippen molar-refractivity contribution in [2.45, 2.75) is 32.4 Å². The molecule has 166 valence electrons. The highest BCUT2D eigenvalue weighted by atomic mass is 16.2. The van der Waals surface area contributed by atoms with Crippen LogP contribution in [0.1, 0.15) is 37.4 Å². The van der Waals surface area contributed by atoms with Gasteiger partial charge in [-0.3, -0.25) is 19.4 Å². The lowest BCUT2D eigenvalue weighted by Gasteiger charge is -2.39. The molecule has 0 bridgehead atoms. The first-order chi connectivity index (χ1) is 15.1. The Hall–Kier alpha value is -2.70. The van der Waals surface area contributed by atoms with Gasteiger partial charge in [0, 0.05) is 32.7 Å². The first-order valence-electron chi connectivity index (χ1n) is 11.2. The summed E-state index contributed by atoms with van der Waals surface area (Å²) in [5, 5.41) is 5.63. The number of hydrogen-bond donors (Lipinski definition) is 2. The van der Waals surface area contributed by atoms with Gasteiger partial charge >= 0.3 is 0 Å². The molecule has 0 aromatic heterocycles. The summed E-state index contributed by atoms with van der Waals surface area (Å²) < 4.78 is 0. The first-order valence-corrected chi connectivity index (χ1v) is 11.2. The zero-order chi connectivity index (χ0) is 22.1. The number of carbonyl (C=O) groups excluding carboxylic acids is 2. The highest BCUT2D eigenvalue weighted by molar-refractivity contribution is 5.87. The smallest absolute Gasteiger partial charge is 0.242 e. The Balaban J connectivity index is 1.55. The summed E-state index contributed by atoms with van der Waals surface area (Å²) in [6, 6.07) is 20.9. The van der Waals surface area contributed by atoms with Gasteiger partial charge in [0.15, 0.2) is 0 Å². The molecule has 2 aromatic carbocycles. The largest absolute Gasteiger partial charge is 0.354 e. The Morgan fingerprint density at radius 2 is 1.45 bits per heavy atom. The fourth-order valence-electron chi connectivity index (χ4n) is 4.02. The Bertz CT molecular complexity index is 780. The number of piperazine rings is 1. The standard InChI is InChI=1S/C25H34N4O2/c1-3-14-26-25(31)20(2)27-23(30)19-28-15-17-29(18-16-28)24(21-10-6-4-7-11-21)22-12-8-5-9-13-22/h4-13,20,24H,3,14-19H2,1-2H3,(H,26,31)(H,27,30)/t20-/m1/s1. The molecule has 1 fully saturated rings. The molecule has 1 atom stereocenters. The normalized spacial score (nSPS) is 16.1. The van der Waals surface area contributed by atoms with Crippen molar-refractivity contribution in [2.24, 2.45) is 0 Å². The molecule has 2 amide bonds. The van der Waals surface area contributed by atoms with Crippen LogP contribution in [0.15, 0.2) is 60.7 Å². The number of hydrogen-bond acceptors (Lipinski definition) is 4. The molecule has 0 aliphatic carbocycles. The molecular weight excluding hydrogens is 388 g/mol. The van der Waals surface area contributed by atoms with E-state index in [-0.39, 0.29) is 17.9 Å². The topological polar surface area (TPSA) is 64.7 Å². The summed E-state index contributed by atoms with van der Waals surface area (Å²) in [4.78, 5) is 29.0. The predicted molar refractivity (Wildman–Crippen MR) is 124 cm³/mol. The van der Waals surface area contributed by atoms with Gasteiger partial charge in [-0.15, -0.1) is 0 Å². The molecule has 2 N–H and O–H groups in total. The van der Waals surface area contributed by atoms with Gasteiger partial charge in [-0.1, -0.05) is 67.6 Å². The van der Waals surface area contributed by atoms with Gasteiger partial charge in [0.1, 0.15) is 6.04 Å². The summed E-state index contributed by atoms with van der Waals surface area (Å²) in [5.41, 5.74) is 2.57. The van der Waals surface area contributed by atoms with E-state index in [0.29, 0.717) is 13.1 Å². The molecule has 0 saturated carbocycles. The van der Waals surface area contributed by atoms with E-state index in [1.807, 2.05) is 19.1 Å². The van der Waals surface area contributed by atoms with Crippen molar-refractivity contribution in [1.29, 1.82) is 0 Å². The van der Waals surface area contributed by atoms with Crippen molar-refractivity contribution < 1.29 is 9.59 Å². The van der Waals surface area contributed by atoms with E-state index in [1.165, 1.54) is 11.1 Å². The van der Waals surface area contributed by atoms with Gasteiger partial charge in [0.25, 0.3) is 0 Å². The van der Waals surface area contributed by atoms with Crippen molar-refractivity contribution in [2.75, 3.05) is 39.3 Å². The van der Waals surface area contributed by atoms with E-state index in [4.69, 9.17) is 0 Å². The van der Waals surface area contributed by atoms with Gasteiger partial charge in [-0.25, -0.2) is 0 Å². The number of benzene rings is 2. The molecule has 0 unspecified atom stereocenters. The second kappa shape index (κ2) is 11.6. The molecule has 6 nitrogen and oxygen atoms in total. The van der Waals surface area contributed by atoms with Crippen LogP contribution in [0.3, 0.4) is 0 Å². The number of amides is 2. The molecular formula is C25H34N4O2. The van der Waals surface area contributed by atoms with E-state index in [1.54, 1.807) is 6.92 Å². The zero-order valence-corrected chi connectivity index (χ0v) is 18.6. The summed E-state index contributed by atoms with van der Waals surface area (Å²) in [6.07, 6.45) is 0.879. The zero-order valence-electron chi connectivity index (χ0n) is 18.6. The maximum absolute atomic E-state index is 12.4. The molecule has 31 heavy (non-hydrogen) atoms. The highest BCUT2D eigenvalue weighted by Gasteiger charge is 2.27. The average molecular weight is 423 g/mol. The average Bonchev–Trinajstić information content (AvgIpc) is 2.80. The van der Waals surface area contributed by atoms with Crippen LogP contribution in [0.25, 0.3) is 0 Å². The minimum atomic E-state index is -0.513. The molecule has 0 radical (unpaired) electrons. The van der Waals surface area contributed by atoms with Crippen LogP contribution < -0.4 is 10.6 Å². The van der Waals surface area contributed by atoms with Gasteiger partial charge in [0.2, 0.25) is 11.8 Å². The minimum absolute atomic E-state index is 0.102. The Morgan fingerprint density at radius 1 is 0.903 bits per heavy atom. The lowest BCUT2D eigenvalue weighted by Crippen LogP contribution is -2.52. The Morgan fingerprint density at radius 3 is 1.97 bits per heavy atom. The van der Waals surface area contributed by atoms with Gasteiger partial charge in [-0.2, -0.15) is 0 Å². The fourth-order valence-corrected chi connectivity index (χ4v) is 4.02. The number of nitrogens with one attached hydrogen (secondary N) is 2. The van der Waals surface area contributed by atoms with Crippen molar-refractivity contribution in [3.05, 3.63) is 71.8 Å². The van der Waals surface area contributed by atoms with E-state index in [9.17, 15) is 9.59 Å². The molecule has 0 spiro atoms. The molecule has 1 saturated heterocycles. The Kier molecular flexibility index (Phi) is 8.62. The van der Waals surface area contributed by atoms with Crippen molar-refractivity contribution in [3.63, 3.8) is 0 Å². The lowest BCUT2D eigenvalue weighted by molar-refractivity contribution is -0.129.